The van der Waals surface area contributed by atoms with Gasteiger partial charge in [0.25, 0.3) is 0 Å². The van der Waals surface area contributed by atoms with Crippen LogP contribution in [0.2, 0.25) is 0 Å². The number of hydrogen-bond donors (Lipinski definition) is 2. The van der Waals surface area contributed by atoms with Crippen molar-refractivity contribution >= 4 is 21.4 Å². The van der Waals surface area contributed by atoms with Crippen LogP contribution in [-0.4, -0.2) is 26.2 Å². The first kappa shape index (κ1) is 13.6. The van der Waals surface area contributed by atoms with E-state index in [1.165, 1.54) is 11.3 Å². The van der Waals surface area contributed by atoms with Crippen LogP contribution in [0.3, 0.4) is 0 Å². The lowest BCUT2D eigenvalue weighted by molar-refractivity contribution is 0.275. The van der Waals surface area contributed by atoms with Crippen molar-refractivity contribution in [2.45, 2.75) is 37.4 Å². The van der Waals surface area contributed by atoms with Crippen molar-refractivity contribution in [3.63, 3.8) is 0 Å². The van der Waals surface area contributed by atoms with Gasteiger partial charge in [0.15, 0.2) is 0 Å². The van der Waals surface area contributed by atoms with E-state index in [-0.39, 0.29) is 12.6 Å². The fourth-order valence-electron chi connectivity index (χ4n) is 1.25. The summed E-state index contributed by atoms with van der Waals surface area (Å²) < 4.78 is 26.7. The Balaban J connectivity index is 2.86. The van der Waals surface area contributed by atoms with E-state index < -0.39 is 10.0 Å². The number of sulfonamides is 1. The quantitative estimate of drug-likeness (QED) is 0.844. The Morgan fingerprint density at radius 1 is 1.50 bits per heavy atom. The van der Waals surface area contributed by atoms with Crippen LogP contribution in [0.1, 0.15) is 23.8 Å². The Morgan fingerprint density at radius 2 is 2.12 bits per heavy atom. The Labute approximate surface area is 100 Å². The summed E-state index contributed by atoms with van der Waals surface area (Å²) in [5, 5.41) is 8.72. The lowest BCUT2D eigenvalue weighted by Crippen LogP contribution is -2.32. The monoisotopic (exact) mass is 263 g/mol. The van der Waals surface area contributed by atoms with E-state index in [0.717, 1.165) is 10.4 Å². The Bertz CT molecular complexity index is 431. The van der Waals surface area contributed by atoms with Crippen LogP contribution in [0.15, 0.2) is 10.3 Å². The van der Waals surface area contributed by atoms with E-state index in [4.69, 9.17) is 5.11 Å². The number of thiophene rings is 1. The number of rotatable bonds is 5. The smallest absolute Gasteiger partial charge is 0.250 e. The molecule has 1 rings (SSSR count). The number of nitrogens with one attached hydrogen (secondary N) is 1. The molecule has 0 aliphatic heterocycles. The van der Waals surface area contributed by atoms with E-state index in [9.17, 15) is 8.42 Å². The zero-order chi connectivity index (χ0) is 12.3. The predicted molar refractivity (Wildman–Crippen MR) is 65.3 cm³/mol. The van der Waals surface area contributed by atoms with Crippen molar-refractivity contribution in [2.24, 2.45) is 0 Å². The molecule has 0 saturated carbocycles. The Kier molecular flexibility index (Phi) is 4.49. The van der Waals surface area contributed by atoms with Crippen LogP contribution in [0, 0.1) is 13.8 Å². The highest BCUT2D eigenvalue weighted by molar-refractivity contribution is 7.91. The van der Waals surface area contributed by atoms with Gasteiger partial charge in [0.1, 0.15) is 4.21 Å². The topological polar surface area (TPSA) is 66.4 Å². The highest BCUT2D eigenvalue weighted by Crippen LogP contribution is 2.24. The van der Waals surface area contributed by atoms with E-state index in [1.54, 1.807) is 13.0 Å². The Hall–Kier alpha value is -0.430. The fraction of sp³-hybridized carbons (Fsp3) is 0.600. The molecule has 1 unspecified atom stereocenters. The number of aliphatic hydroxyl groups is 1. The van der Waals surface area contributed by atoms with Gasteiger partial charge in [-0.2, -0.15) is 0 Å². The molecule has 1 aromatic heterocycles. The second kappa shape index (κ2) is 5.27. The lowest BCUT2D eigenvalue weighted by atomic mass is 10.3. The zero-order valence-corrected chi connectivity index (χ0v) is 11.3. The van der Waals surface area contributed by atoms with Gasteiger partial charge in [0.2, 0.25) is 10.0 Å². The van der Waals surface area contributed by atoms with Crippen molar-refractivity contribution in [1.82, 2.24) is 4.72 Å². The molecule has 0 amide bonds. The molecule has 92 valence electrons. The lowest BCUT2D eigenvalue weighted by Gasteiger charge is -2.11. The summed E-state index contributed by atoms with van der Waals surface area (Å²) in [6.07, 6.45) is 0.419. The molecule has 6 heteroatoms. The molecule has 0 saturated heterocycles. The molecule has 0 aliphatic rings. The van der Waals surface area contributed by atoms with E-state index in [1.807, 2.05) is 13.8 Å². The SMILES string of the molecule is Cc1cc(S(=O)(=O)NC(C)CCO)sc1C. The van der Waals surface area contributed by atoms with Gasteiger partial charge in [0, 0.05) is 17.5 Å². The minimum absolute atomic E-state index is 0.0216. The standard InChI is InChI=1S/C10H17NO3S2/c1-7-6-10(15-9(7)3)16(13,14)11-8(2)4-5-12/h6,8,11-12H,4-5H2,1-3H3. The van der Waals surface area contributed by atoms with Crippen LogP contribution < -0.4 is 4.72 Å². The minimum Gasteiger partial charge on any atom is -0.396 e. The molecule has 16 heavy (non-hydrogen) atoms. The number of hydrogen-bond acceptors (Lipinski definition) is 4. The van der Waals surface area contributed by atoms with E-state index in [2.05, 4.69) is 4.72 Å². The van der Waals surface area contributed by atoms with Crippen LogP contribution >= 0.6 is 11.3 Å². The average molecular weight is 263 g/mol. The molecule has 0 spiro atoms. The normalized spacial score (nSPS) is 14.0. The summed E-state index contributed by atoms with van der Waals surface area (Å²) in [6.45, 7) is 5.51. The third-order valence-corrected chi connectivity index (χ3v) is 5.54. The summed E-state index contributed by atoms with van der Waals surface area (Å²) in [6, 6.07) is 1.42. The van der Waals surface area contributed by atoms with Crippen molar-refractivity contribution in [1.29, 1.82) is 0 Å². The summed E-state index contributed by atoms with van der Waals surface area (Å²) in [5.41, 5.74) is 0.986. The molecule has 0 aromatic carbocycles. The molecule has 1 aromatic rings. The molecule has 0 aliphatic carbocycles. The van der Waals surface area contributed by atoms with Crippen LogP contribution in [0.5, 0.6) is 0 Å². The molecule has 0 radical (unpaired) electrons. The highest BCUT2D eigenvalue weighted by atomic mass is 32.2. The molecule has 0 bridgehead atoms. The second-order valence-corrected chi connectivity index (χ2v) is 7.04. The zero-order valence-electron chi connectivity index (χ0n) is 9.65. The van der Waals surface area contributed by atoms with Gasteiger partial charge in [0.05, 0.1) is 0 Å². The van der Waals surface area contributed by atoms with Gasteiger partial charge in [-0.05, 0) is 38.8 Å². The maximum absolute atomic E-state index is 11.9. The first-order valence-corrected chi connectivity index (χ1v) is 7.37. The summed E-state index contributed by atoms with van der Waals surface area (Å²) in [7, 11) is -3.43. The third-order valence-electron chi connectivity index (χ3n) is 2.33. The molecule has 4 nitrogen and oxygen atoms in total. The number of aliphatic hydroxyl groups excluding tert-OH is 1. The molecule has 1 heterocycles. The molecule has 2 N–H and O–H groups in total. The summed E-state index contributed by atoms with van der Waals surface area (Å²) in [4.78, 5) is 1.01. The summed E-state index contributed by atoms with van der Waals surface area (Å²) >= 11 is 1.27. The summed E-state index contributed by atoms with van der Waals surface area (Å²) in [5.74, 6) is 0. The van der Waals surface area contributed by atoms with Crippen LogP contribution in [0.25, 0.3) is 0 Å². The van der Waals surface area contributed by atoms with Crippen LogP contribution in [-0.2, 0) is 10.0 Å². The van der Waals surface area contributed by atoms with Crippen molar-refractivity contribution < 1.29 is 13.5 Å². The highest BCUT2D eigenvalue weighted by Gasteiger charge is 2.19. The molecular weight excluding hydrogens is 246 g/mol. The maximum Gasteiger partial charge on any atom is 0.250 e. The van der Waals surface area contributed by atoms with E-state index >= 15 is 0 Å². The first-order valence-electron chi connectivity index (χ1n) is 5.07. The van der Waals surface area contributed by atoms with Gasteiger partial charge < -0.3 is 5.11 Å². The maximum atomic E-state index is 11.9. The van der Waals surface area contributed by atoms with Crippen molar-refractivity contribution in [3.05, 3.63) is 16.5 Å². The molecular formula is C10H17NO3S2. The molecule has 1 atom stereocenters. The van der Waals surface area contributed by atoms with Crippen LogP contribution in [0.4, 0.5) is 0 Å². The predicted octanol–water partition coefficient (Wildman–Crippen LogP) is 1.41. The van der Waals surface area contributed by atoms with Gasteiger partial charge >= 0.3 is 0 Å². The third kappa shape index (κ3) is 3.28. The molecule has 0 fully saturated rings. The van der Waals surface area contributed by atoms with Gasteiger partial charge in [-0.1, -0.05) is 0 Å². The van der Waals surface area contributed by atoms with Gasteiger partial charge in [-0.15, -0.1) is 11.3 Å². The van der Waals surface area contributed by atoms with E-state index in [0.29, 0.717) is 10.6 Å². The fourth-order valence-corrected chi connectivity index (χ4v) is 4.06. The van der Waals surface area contributed by atoms with Crippen molar-refractivity contribution in [2.75, 3.05) is 6.61 Å². The number of aryl methyl sites for hydroxylation is 2. The largest absolute Gasteiger partial charge is 0.396 e. The minimum atomic E-state index is -3.43. The Morgan fingerprint density at radius 3 is 2.56 bits per heavy atom. The van der Waals surface area contributed by atoms with Crippen molar-refractivity contribution in [3.8, 4) is 0 Å². The average Bonchev–Trinajstić information content (AvgIpc) is 2.47. The van der Waals surface area contributed by atoms with Gasteiger partial charge in [-0.3, -0.25) is 0 Å². The second-order valence-electron chi connectivity index (χ2n) is 3.84. The van der Waals surface area contributed by atoms with Gasteiger partial charge in [-0.25, -0.2) is 13.1 Å². The first-order chi connectivity index (χ1) is 7.36.